The Balaban J connectivity index is 1.55. The van der Waals surface area contributed by atoms with Gasteiger partial charge in [-0.2, -0.15) is 0 Å². The molecule has 1 amide bonds. The fraction of sp³-hybridized carbons (Fsp3) is 0.500. The van der Waals surface area contributed by atoms with E-state index in [1.165, 1.54) is 29.5 Å². The summed E-state index contributed by atoms with van der Waals surface area (Å²) < 4.78 is 5.47. The first-order valence-electron chi connectivity index (χ1n) is 8.53. The van der Waals surface area contributed by atoms with Crippen molar-refractivity contribution in [1.82, 2.24) is 10.5 Å². The molecule has 2 heterocycles. The molecule has 2 aromatic rings. The molecule has 1 atom stereocenters. The number of para-hydroxylation sites is 1. The van der Waals surface area contributed by atoms with Crippen LogP contribution in [0.4, 0.5) is 0 Å². The van der Waals surface area contributed by atoms with Crippen molar-refractivity contribution in [1.29, 1.82) is 0 Å². The SMILES string of the molecule is O=C(NO[C@@H]1CCCCO1)c1cccc2c3c([nH]c12)CCCC3. The lowest BCUT2D eigenvalue weighted by molar-refractivity contribution is -0.186. The van der Waals surface area contributed by atoms with E-state index in [0.717, 1.165) is 37.6 Å². The maximum Gasteiger partial charge on any atom is 0.277 e. The van der Waals surface area contributed by atoms with E-state index >= 15 is 0 Å². The van der Waals surface area contributed by atoms with Crippen LogP contribution in [0.5, 0.6) is 0 Å². The lowest BCUT2D eigenvalue weighted by Gasteiger charge is -2.22. The van der Waals surface area contributed by atoms with Crippen LogP contribution in [0.1, 0.15) is 53.7 Å². The molecule has 4 rings (SSSR count). The Morgan fingerprint density at radius 2 is 2.13 bits per heavy atom. The van der Waals surface area contributed by atoms with Crippen LogP contribution in [0.2, 0.25) is 0 Å². The third kappa shape index (κ3) is 2.86. The second-order valence-electron chi connectivity index (χ2n) is 6.36. The van der Waals surface area contributed by atoms with Gasteiger partial charge in [-0.3, -0.25) is 4.79 Å². The van der Waals surface area contributed by atoms with E-state index in [0.29, 0.717) is 12.2 Å². The highest BCUT2D eigenvalue weighted by Gasteiger charge is 2.21. The highest BCUT2D eigenvalue weighted by molar-refractivity contribution is 6.06. The number of nitrogens with one attached hydrogen (secondary N) is 2. The van der Waals surface area contributed by atoms with Gasteiger partial charge in [0.1, 0.15) is 0 Å². The van der Waals surface area contributed by atoms with Crippen molar-refractivity contribution in [2.45, 2.75) is 51.2 Å². The van der Waals surface area contributed by atoms with Crippen molar-refractivity contribution in [3.05, 3.63) is 35.0 Å². The summed E-state index contributed by atoms with van der Waals surface area (Å²) in [6.07, 6.45) is 7.21. The van der Waals surface area contributed by atoms with E-state index in [1.807, 2.05) is 12.1 Å². The Kier molecular flexibility index (Phi) is 4.06. The molecule has 0 radical (unpaired) electrons. The summed E-state index contributed by atoms with van der Waals surface area (Å²) in [5.41, 5.74) is 6.76. The molecule has 5 nitrogen and oxygen atoms in total. The number of amides is 1. The first kappa shape index (κ1) is 14.7. The van der Waals surface area contributed by atoms with Crippen molar-refractivity contribution in [3.8, 4) is 0 Å². The average Bonchev–Trinajstić information content (AvgIpc) is 2.99. The molecule has 23 heavy (non-hydrogen) atoms. The molecule has 1 aliphatic heterocycles. The molecule has 0 unspecified atom stereocenters. The Bertz CT molecular complexity index is 716. The van der Waals surface area contributed by atoms with Gasteiger partial charge in [0, 0.05) is 24.1 Å². The zero-order valence-corrected chi connectivity index (χ0v) is 13.2. The van der Waals surface area contributed by atoms with Crippen molar-refractivity contribution in [3.63, 3.8) is 0 Å². The standard InChI is InChI=1S/C18H22N2O3/c21-18(20-23-16-10-3-4-11-22-16)14-8-5-7-13-12-6-1-2-9-15(12)19-17(13)14/h5,7-8,16,19H,1-4,6,9-11H2,(H,20,21)/t16-/m1/s1. The number of hydrogen-bond donors (Lipinski definition) is 2. The van der Waals surface area contributed by atoms with Crippen LogP contribution in [-0.4, -0.2) is 23.8 Å². The van der Waals surface area contributed by atoms with Crippen LogP contribution in [0.15, 0.2) is 18.2 Å². The van der Waals surface area contributed by atoms with Gasteiger partial charge in [0.15, 0.2) is 6.29 Å². The number of ether oxygens (including phenoxy) is 1. The first-order valence-corrected chi connectivity index (χ1v) is 8.53. The van der Waals surface area contributed by atoms with E-state index < -0.39 is 0 Å². The Morgan fingerprint density at radius 1 is 1.22 bits per heavy atom. The molecule has 1 fully saturated rings. The van der Waals surface area contributed by atoms with E-state index in [1.54, 1.807) is 0 Å². The zero-order chi connectivity index (χ0) is 15.6. The molecule has 1 saturated heterocycles. The second-order valence-corrected chi connectivity index (χ2v) is 6.36. The van der Waals surface area contributed by atoms with E-state index in [-0.39, 0.29) is 12.2 Å². The number of aromatic nitrogens is 1. The van der Waals surface area contributed by atoms with E-state index in [4.69, 9.17) is 9.57 Å². The number of carbonyl (C=O) groups is 1. The highest BCUT2D eigenvalue weighted by Crippen LogP contribution is 2.30. The lowest BCUT2D eigenvalue weighted by atomic mass is 9.95. The molecule has 0 saturated carbocycles. The number of aryl methyl sites for hydroxylation is 2. The number of rotatable bonds is 3. The summed E-state index contributed by atoms with van der Waals surface area (Å²) in [4.78, 5) is 21.4. The molecule has 2 N–H and O–H groups in total. The summed E-state index contributed by atoms with van der Waals surface area (Å²) >= 11 is 0. The molecule has 2 aliphatic rings. The topological polar surface area (TPSA) is 63.4 Å². The molecule has 1 aromatic carbocycles. The van der Waals surface area contributed by atoms with Gasteiger partial charge in [0.25, 0.3) is 5.91 Å². The fourth-order valence-corrected chi connectivity index (χ4v) is 3.60. The molecule has 1 aromatic heterocycles. The number of benzene rings is 1. The first-order chi connectivity index (χ1) is 11.3. The normalized spacial score (nSPS) is 21.1. The maximum atomic E-state index is 12.5. The Morgan fingerprint density at radius 3 is 3.00 bits per heavy atom. The highest BCUT2D eigenvalue weighted by atomic mass is 16.8. The minimum atomic E-state index is -0.330. The number of hydroxylamine groups is 1. The minimum absolute atomic E-state index is 0.219. The third-order valence-electron chi connectivity index (χ3n) is 4.80. The smallest absolute Gasteiger partial charge is 0.277 e. The second kappa shape index (κ2) is 6.34. The van der Waals surface area contributed by atoms with Gasteiger partial charge in [0.2, 0.25) is 0 Å². The Labute approximate surface area is 135 Å². The number of hydrogen-bond acceptors (Lipinski definition) is 3. The van der Waals surface area contributed by atoms with E-state index in [9.17, 15) is 4.79 Å². The van der Waals surface area contributed by atoms with Gasteiger partial charge in [-0.25, -0.2) is 10.3 Å². The van der Waals surface area contributed by atoms with Gasteiger partial charge in [0.05, 0.1) is 11.1 Å². The largest absolute Gasteiger partial charge is 0.358 e. The monoisotopic (exact) mass is 314 g/mol. The van der Waals surface area contributed by atoms with Crippen LogP contribution < -0.4 is 5.48 Å². The summed E-state index contributed by atoms with van der Waals surface area (Å²) in [6, 6.07) is 5.87. The number of fused-ring (bicyclic) bond motifs is 3. The van der Waals surface area contributed by atoms with Gasteiger partial charge in [-0.1, -0.05) is 12.1 Å². The number of aromatic amines is 1. The Hall–Kier alpha value is -1.85. The van der Waals surface area contributed by atoms with Gasteiger partial charge in [-0.15, -0.1) is 0 Å². The van der Waals surface area contributed by atoms with Crippen LogP contribution in [-0.2, 0) is 22.4 Å². The van der Waals surface area contributed by atoms with Crippen LogP contribution in [0, 0.1) is 0 Å². The van der Waals surface area contributed by atoms with Crippen molar-refractivity contribution >= 4 is 16.8 Å². The minimum Gasteiger partial charge on any atom is -0.358 e. The van der Waals surface area contributed by atoms with Crippen LogP contribution in [0.3, 0.4) is 0 Å². The predicted octanol–water partition coefficient (Wildman–Crippen LogP) is 3.23. The lowest BCUT2D eigenvalue weighted by Crippen LogP contribution is -2.33. The molecule has 0 spiro atoms. The quantitative estimate of drug-likeness (QED) is 0.855. The summed E-state index contributed by atoms with van der Waals surface area (Å²) in [7, 11) is 0. The van der Waals surface area contributed by atoms with Gasteiger partial charge < -0.3 is 9.72 Å². The summed E-state index contributed by atoms with van der Waals surface area (Å²) in [6.45, 7) is 0.694. The molecular formula is C18H22N2O3. The number of carbonyl (C=O) groups excluding carboxylic acids is 1. The van der Waals surface area contributed by atoms with Crippen LogP contribution >= 0.6 is 0 Å². The van der Waals surface area contributed by atoms with E-state index in [2.05, 4.69) is 16.5 Å². The average molecular weight is 314 g/mol. The summed E-state index contributed by atoms with van der Waals surface area (Å²) in [5, 5.41) is 1.17. The predicted molar refractivity (Wildman–Crippen MR) is 87.1 cm³/mol. The number of H-pyrrole nitrogens is 1. The van der Waals surface area contributed by atoms with Gasteiger partial charge >= 0.3 is 0 Å². The van der Waals surface area contributed by atoms with Gasteiger partial charge in [-0.05, 0) is 50.2 Å². The van der Waals surface area contributed by atoms with Crippen LogP contribution in [0.25, 0.3) is 10.9 Å². The molecule has 1 aliphatic carbocycles. The van der Waals surface area contributed by atoms with Crippen molar-refractivity contribution < 1.29 is 14.4 Å². The van der Waals surface area contributed by atoms with Crippen molar-refractivity contribution in [2.75, 3.05) is 6.61 Å². The molecule has 0 bridgehead atoms. The van der Waals surface area contributed by atoms with Crippen molar-refractivity contribution in [2.24, 2.45) is 0 Å². The molecule has 122 valence electrons. The summed E-state index contributed by atoms with van der Waals surface area (Å²) in [5.74, 6) is -0.219. The zero-order valence-electron chi connectivity index (χ0n) is 13.2. The molecule has 5 heteroatoms. The molecular weight excluding hydrogens is 292 g/mol. The fourth-order valence-electron chi connectivity index (χ4n) is 3.60. The third-order valence-corrected chi connectivity index (χ3v) is 4.80. The maximum absolute atomic E-state index is 12.5.